The molecule has 1 N–H and O–H groups in total. The molecule has 0 saturated carbocycles. The third kappa shape index (κ3) is 2.79. The van der Waals surface area contributed by atoms with Gasteiger partial charge >= 0.3 is 0 Å². The maximum Gasteiger partial charge on any atom is 0.218 e. The van der Waals surface area contributed by atoms with Crippen molar-refractivity contribution in [2.75, 3.05) is 7.11 Å². The molecule has 4 heteroatoms. The number of aliphatic hydroxyl groups is 1. The molecular weight excluding hydrogens is 216 g/mol. The number of nitrogens with zero attached hydrogens (tertiary/aromatic N) is 2. The average molecular weight is 230 g/mol. The Morgan fingerprint density at radius 2 is 2.12 bits per heavy atom. The van der Waals surface area contributed by atoms with E-state index in [2.05, 4.69) is 9.97 Å². The molecule has 2 rings (SSSR count). The molecule has 0 bridgehead atoms. The van der Waals surface area contributed by atoms with Crippen LogP contribution in [0.3, 0.4) is 0 Å². The van der Waals surface area contributed by atoms with Gasteiger partial charge in [-0.05, 0) is 23.8 Å². The first-order valence-corrected chi connectivity index (χ1v) is 5.37. The highest BCUT2D eigenvalue weighted by Crippen LogP contribution is 2.24. The first kappa shape index (κ1) is 11.5. The van der Waals surface area contributed by atoms with E-state index in [0.717, 1.165) is 5.56 Å². The van der Waals surface area contributed by atoms with Crippen LogP contribution in [0.25, 0.3) is 0 Å². The Balaban J connectivity index is 2.17. The van der Waals surface area contributed by atoms with Crippen molar-refractivity contribution in [2.24, 2.45) is 0 Å². The molecule has 1 unspecified atom stereocenters. The number of hydrogen-bond acceptors (Lipinski definition) is 4. The van der Waals surface area contributed by atoms with Crippen LogP contribution < -0.4 is 4.74 Å². The van der Waals surface area contributed by atoms with E-state index in [1.807, 2.05) is 18.2 Å². The van der Waals surface area contributed by atoms with Crippen molar-refractivity contribution in [3.8, 4) is 5.88 Å². The van der Waals surface area contributed by atoms with Crippen LogP contribution in [-0.4, -0.2) is 22.2 Å². The molecule has 0 amide bonds. The van der Waals surface area contributed by atoms with Crippen molar-refractivity contribution in [1.29, 1.82) is 0 Å². The molecule has 17 heavy (non-hydrogen) atoms. The van der Waals surface area contributed by atoms with Crippen molar-refractivity contribution >= 4 is 0 Å². The second-order valence-corrected chi connectivity index (χ2v) is 3.68. The SMILES string of the molecule is COc1ncccc1C(O)Cc1cccnc1. The minimum atomic E-state index is -0.636. The zero-order chi connectivity index (χ0) is 12.1. The van der Waals surface area contributed by atoms with Gasteiger partial charge in [-0.3, -0.25) is 4.98 Å². The standard InChI is InChI=1S/C13H14N2O2/c1-17-13-11(5-3-7-15-13)12(16)8-10-4-2-6-14-9-10/h2-7,9,12,16H,8H2,1H3. The first-order valence-electron chi connectivity index (χ1n) is 5.37. The van der Waals surface area contributed by atoms with Crippen molar-refractivity contribution in [3.05, 3.63) is 54.0 Å². The fourth-order valence-electron chi connectivity index (χ4n) is 1.68. The number of ether oxygens (including phenoxy) is 1. The van der Waals surface area contributed by atoms with Crippen LogP contribution in [0, 0.1) is 0 Å². The molecule has 4 nitrogen and oxygen atoms in total. The van der Waals surface area contributed by atoms with Gasteiger partial charge in [0.2, 0.25) is 5.88 Å². The normalized spacial score (nSPS) is 12.1. The van der Waals surface area contributed by atoms with Gasteiger partial charge in [0, 0.05) is 30.6 Å². The molecule has 0 aliphatic heterocycles. The summed E-state index contributed by atoms with van der Waals surface area (Å²) in [5, 5.41) is 10.1. The maximum absolute atomic E-state index is 10.1. The summed E-state index contributed by atoms with van der Waals surface area (Å²) in [6, 6.07) is 7.37. The average Bonchev–Trinajstić information content (AvgIpc) is 2.40. The number of aliphatic hydroxyl groups excluding tert-OH is 1. The zero-order valence-electron chi connectivity index (χ0n) is 9.58. The highest BCUT2D eigenvalue weighted by molar-refractivity contribution is 5.29. The smallest absolute Gasteiger partial charge is 0.218 e. The fraction of sp³-hybridized carbons (Fsp3) is 0.231. The second kappa shape index (κ2) is 5.41. The molecule has 2 heterocycles. The summed E-state index contributed by atoms with van der Waals surface area (Å²) < 4.78 is 5.12. The van der Waals surface area contributed by atoms with Crippen LogP contribution >= 0.6 is 0 Å². The molecular formula is C13H14N2O2. The minimum absolute atomic E-state index is 0.462. The Kier molecular flexibility index (Phi) is 3.67. The van der Waals surface area contributed by atoms with E-state index in [0.29, 0.717) is 17.9 Å². The number of methoxy groups -OCH3 is 1. The Morgan fingerprint density at radius 3 is 2.82 bits per heavy atom. The zero-order valence-corrected chi connectivity index (χ0v) is 9.58. The Bertz CT molecular complexity index is 474. The van der Waals surface area contributed by atoms with Gasteiger partial charge in [0.1, 0.15) is 0 Å². The molecule has 88 valence electrons. The summed E-state index contributed by atoms with van der Waals surface area (Å²) in [6.45, 7) is 0. The number of hydrogen-bond donors (Lipinski definition) is 1. The summed E-state index contributed by atoms with van der Waals surface area (Å²) >= 11 is 0. The molecule has 0 aliphatic rings. The van der Waals surface area contributed by atoms with Gasteiger partial charge in [0.25, 0.3) is 0 Å². The highest BCUT2D eigenvalue weighted by atomic mass is 16.5. The lowest BCUT2D eigenvalue weighted by Crippen LogP contribution is -2.05. The summed E-state index contributed by atoms with van der Waals surface area (Å²) in [7, 11) is 1.54. The van der Waals surface area contributed by atoms with Crippen molar-refractivity contribution in [1.82, 2.24) is 9.97 Å². The minimum Gasteiger partial charge on any atom is -0.481 e. The number of aromatic nitrogens is 2. The van der Waals surface area contributed by atoms with E-state index >= 15 is 0 Å². The van der Waals surface area contributed by atoms with E-state index in [9.17, 15) is 5.11 Å². The number of pyridine rings is 2. The quantitative estimate of drug-likeness (QED) is 0.869. The highest BCUT2D eigenvalue weighted by Gasteiger charge is 2.14. The van der Waals surface area contributed by atoms with E-state index in [-0.39, 0.29) is 0 Å². The van der Waals surface area contributed by atoms with Gasteiger partial charge in [-0.2, -0.15) is 0 Å². The van der Waals surface area contributed by atoms with E-state index in [1.54, 1.807) is 31.8 Å². The summed E-state index contributed by atoms with van der Waals surface area (Å²) in [4.78, 5) is 8.08. The summed E-state index contributed by atoms with van der Waals surface area (Å²) in [5.74, 6) is 0.462. The van der Waals surface area contributed by atoms with Gasteiger partial charge in [0.05, 0.1) is 13.2 Å². The molecule has 0 saturated heterocycles. The molecule has 0 radical (unpaired) electrons. The van der Waals surface area contributed by atoms with Crippen LogP contribution in [0.4, 0.5) is 0 Å². The Morgan fingerprint density at radius 1 is 1.29 bits per heavy atom. The van der Waals surface area contributed by atoms with Crippen LogP contribution in [0.2, 0.25) is 0 Å². The third-order valence-electron chi connectivity index (χ3n) is 2.50. The molecule has 2 aromatic heterocycles. The van der Waals surface area contributed by atoms with Crippen LogP contribution in [0.5, 0.6) is 5.88 Å². The van der Waals surface area contributed by atoms with E-state index in [4.69, 9.17) is 4.74 Å². The van der Waals surface area contributed by atoms with E-state index < -0.39 is 6.10 Å². The van der Waals surface area contributed by atoms with Gasteiger partial charge in [-0.25, -0.2) is 4.98 Å². The molecule has 0 fully saturated rings. The predicted octanol–water partition coefficient (Wildman–Crippen LogP) is 1.76. The Hall–Kier alpha value is -1.94. The van der Waals surface area contributed by atoms with Crippen LogP contribution in [-0.2, 0) is 6.42 Å². The molecule has 0 spiro atoms. The van der Waals surface area contributed by atoms with Crippen molar-refractivity contribution in [2.45, 2.75) is 12.5 Å². The maximum atomic E-state index is 10.1. The van der Waals surface area contributed by atoms with Gasteiger partial charge in [-0.15, -0.1) is 0 Å². The summed E-state index contributed by atoms with van der Waals surface area (Å²) in [5.41, 5.74) is 1.67. The van der Waals surface area contributed by atoms with Crippen molar-refractivity contribution in [3.63, 3.8) is 0 Å². The topological polar surface area (TPSA) is 55.2 Å². The monoisotopic (exact) mass is 230 g/mol. The largest absolute Gasteiger partial charge is 0.481 e. The molecule has 2 aromatic rings. The fourth-order valence-corrected chi connectivity index (χ4v) is 1.68. The van der Waals surface area contributed by atoms with Gasteiger partial charge in [-0.1, -0.05) is 6.07 Å². The predicted molar refractivity (Wildman–Crippen MR) is 63.7 cm³/mol. The van der Waals surface area contributed by atoms with Gasteiger partial charge in [0.15, 0.2) is 0 Å². The van der Waals surface area contributed by atoms with Crippen LogP contribution in [0.15, 0.2) is 42.9 Å². The molecule has 0 aromatic carbocycles. The van der Waals surface area contributed by atoms with Crippen molar-refractivity contribution < 1.29 is 9.84 Å². The lowest BCUT2D eigenvalue weighted by Gasteiger charge is -2.13. The lowest BCUT2D eigenvalue weighted by atomic mass is 10.0. The third-order valence-corrected chi connectivity index (χ3v) is 2.50. The first-order chi connectivity index (χ1) is 8.31. The van der Waals surface area contributed by atoms with Gasteiger partial charge < -0.3 is 9.84 Å². The summed E-state index contributed by atoms with van der Waals surface area (Å²) in [6.07, 6.45) is 4.95. The molecule has 0 aliphatic carbocycles. The molecule has 1 atom stereocenters. The van der Waals surface area contributed by atoms with E-state index in [1.165, 1.54) is 0 Å². The second-order valence-electron chi connectivity index (χ2n) is 3.68. The van der Waals surface area contributed by atoms with Crippen LogP contribution in [0.1, 0.15) is 17.2 Å². The Labute approximate surface area is 99.9 Å². The number of rotatable bonds is 4. The lowest BCUT2D eigenvalue weighted by molar-refractivity contribution is 0.173.